The highest BCUT2D eigenvalue weighted by molar-refractivity contribution is 6.91. The molecular formula is C16H24OSi. The van der Waals surface area contributed by atoms with Crippen LogP contribution in [0.2, 0.25) is 18.6 Å². The van der Waals surface area contributed by atoms with Crippen molar-refractivity contribution in [2.75, 3.05) is 0 Å². The van der Waals surface area contributed by atoms with Gasteiger partial charge >= 0.3 is 0 Å². The fourth-order valence-corrected chi connectivity index (χ4v) is 6.27. The molecule has 0 spiro atoms. The van der Waals surface area contributed by atoms with Crippen molar-refractivity contribution in [2.24, 2.45) is 0 Å². The Balaban J connectivity index is 2.19. The summed E-state index contributed by atoms with van der Waals surface area (Å²) in [6.45, 7) is 4.86. The zero-order valence-electron chi connectivity index (χ0n) is 11.6. The zero-order chi connectivity index (χ0) is 13.0. The van der Waals surface area contributed by atoms with E-state index in [0.717, 1.165) is 19.3 Å². The molecule has 1 aromatic carbocycles. The number of hydrogen-bond donors (Lipinski definition) is 0. The van der Waals surface area contributed by atoms with Gasteiger partial charge in [0.1, 0.15) is 5.78 Å². The lowest BCUT2D eigenvalue weighted by molar-refractivity contribution is -0.119. The van der Waals surface area contributed by atoms with Gasteiger partial charge in [0.05, 0.1) is 8.07 Å². The molecule has 1 saturated carbocycles. The van der Waals surface area contributed by atoms with Crippen LogP contribution in [0, 0.1) is 0 Å². The van der Waals surface area contributed by atoms with E-state index in [1.54, 1.807) is 0 Å². The Kier molecular flexibility index (Phi) is 4.39. The Morgan fingerprint density at radius 3 is 2.50 bits per heavy atom. The third kappa shape index (κ3) is 3.11. The molecule has 1 aromatic rings. The van der Waals surface area contributed by atoms with Gasteiger partial charge in [-0.05, 0) is 12.0 Å². The van der Waals surface area contributed by atoms with Gasteiger partial charge in [-0.1, -0.05) is 67.9 Å². The smallest absolute Gasteiger partial charge is 0.132 e. The van der Waals surface area contributed by atoms with Crippen molar-refractivity contribution in [1.29, 1.82) is 0 Å². The van der Waals surface area contributed by atoms with Crippen LogP contribution in [0.5, 0.6) is 0 Å². The number of carbonyl (C=O) groups excluding carboxylic acids is 1. The predicted octanol–water partition coefficient (Wildman–Crippen LogP) is 3.90. The highest BCUT2D eigenvalue weighted by Gasteiger charge is 2.34. The molecule has 0 amide bonds. The molecule has 0 aliphatic heterocycles. The van der Waals surface area contributed by atoms with Gasteiger partial charge in [-0.3, -0.25) is 4.79 Å². The van der Waals surface area contributed by atoms with Crippen molar-refractivity contribution in [3.05, 3.63) is 30.3 Å². The lowest BCUT2D eigenvalue weighted by atomic mass is 9.99. The van der Waals surface area contributed by atoms with Crippen molar-refractivity contribution in [1.82, 2.24) is 0 Å². The van der Waals surface area contributed by atoms with Crippen molar-refractivity contribution >= 4 is 19.0 Å². The van der Waals surface area contributed by atoms with Gasteiger partial charge in [0.2, 0.25) is 0 Å². The number of carbonyl (C=O) groups is 1. The van der Waals surface area contributed by atoms with E-state index in [9.17, 15) is 4.79 Å². The maximum absolute atomic E-state index is 11.9. The molecule has 2 heteroatoms. The van der Waals surface area contributed by atoms with E-state index in [1.807, 2.05) is 0 Å². The largest absolute Gasteiger partial charge is 0.300 e. The minimum Gasteiger partial charge on any atom is -0.300 e. The van der Waals surface area contributed by atoms with Gasteiger partial charge in [-0.2, -0.15) is 0 Å². The molecule has 1 atom stereocenters. The van der Waals surface area contributed by atoms with E-state index >= 15 is 0 Å². The maximum atomic E-state index is 11.9. The molecular weight excluding hydrogens is 236 g/mol. The number of ketones is 1. The highest BCUT2D eigenvalue weighted by atomic mass is 28.3. The quantitative estimate of drug-likeness (QED) is 0.737. The second kappa shape index (κ2) is 5.83. The molecule has 0 radical (unpaired) electrons. The molecule has 0 heterocycles. The van der Waals surface area contributed by atoms with Crippen LogP contribution in [0.1, 0.15) is 38.5 Å². The third-order valence-electron chi connectivity index (χ3n) is 4.52. The van der Waals surface area contributed by atoms with Crippen molar-refractivity contribution < 1.29 is 4.79 Å². The van der Waals surface area contributed by atoms with Crippen LogP contribution < -0.4 is 5.19 Å². The molecule has 0 aromatic heterocycles. The molecule has 2 rings (SSSR count). The van der Waals surface area contributed by atoms with Gasteiger partial charge < -0.3 is 0 Å². The second-order valence-corrected chi connectivity index (χ2v) is 11.0. The summed E-state index contributed by atoms with van der Waals surface area (Å²) in [5, 5.41) is 1.50. The predicted molar refractivity (Wildman–Crippen MR) is 80.0 cm³/mol. The number of Topliss-reactive ketones (excluding diaryl/α,β-unsaturated/α-hetero) is 1. The third-order valence-corrected chi connectivity index (χ3v) is 8.88. The van der Waals surface area contributed by atoms with E-state index in [-0.39, 0.29) is 0 Å². The normalized spacial score (nSPS) is 22.3. The lowest BCUT2D eigenvalue weighted by Gasteiger charge is -2.34. The first-order valence-electron chi connectivity index (χ1n) is 7.18. The standard InChI is InChI=1S/C16H24OSi/c1-18(2,15-10-6-4-7-11-15)16-12-8-3-5-9-14(17)13-16/h4,6-7,10-11,16H,3,5,8-9,12-13H2,1-2H3/t16-/m0/s1. The second-order valence-electron chi connectivity index (χ2n) is 6.13. The summed E-state index contributed by atoms with van der Waals surface area (Å²) in [5.74, 6) is 0.496. The van der Waals surface area contributed by atoms with Gasteiger partial charge in [0, 0.05) is 12.8 Å². The first kappa shape index (κ1) is 13.5. The van der Waals surface area contributed by atoms with Crippen LogP contribution in [-0.2, 0) is 4.79 Å². The van der Waals surface area contributed by atoms with Crippen LogP contribution in [0.25, 0.3) is 0 Å². The van der Waals surface area contributed by atoms with Gasteiger partial charge in [-0.15, -0.1) is 0 Å². The summed E-state index contributed by atoms with van der Waals surface area (Å²) >= 11 is 0. The summed E-state index contributed by atoms with van der Waals surface area (Å²) in [6.07, 6.45) is 6.55. The average Bonchev–Trinajstić information content (AvgIpc) is 2.34. The monoisotopic (exact) mass is 260 g/mol. The van der Waals surface area contributed by atoms with E-state index in [4.69, 9.17) is 0 Å². The summed E-state index contributed by atoms with van der Waals surface area (Å²) in [5.41, 5.74) is 0.632. The zero-order valence-corrected chi connectivity index (χ0v) is 12.6. The fourth-order valence-electron chi connectivity index (χ4n) is 3.09. The van der Waals surface area contributed by atoms with E-state index in [2.05, 4.69) is 43.4 Å². The molecule has 0 bridgehead atoms. The summed E-state index contributed by atoms with van der Waals surface area (Å²) < 4.78 is 0. The fraction of sp³-hybridized carbons (Fsp3) is 0.562. The van der Waals surface area contributed by atoms with Crippen LogP contribution in [0.15, 0.2) is 30.3 Å². The molecule has 1 aliphatic carbocycles. The first-order chi connectivity index (χ1) is 8.60. The number of benzene rings is 1. The van der Waals surface area contributed by atoms with Gasteiger partial charge in [0.15, 0.2) is 0 Å². The topological polar surface area (TPSA) is 17.1 Å². The molecule has 0 N–H and O–H groups in total. The Bertz CT molecular complexity index is 397. The molecule has 18 heavy (non-hydrogen) atoms. The van der Waals surface area contributed by atoms with Crippen LogP contribution in [-0.4, -0.2) is 13.9 Å². The Hall–Kier alpha value is -0.893. The summed E-state index contributed by atoms with van der Waals surface area (Å²) in [6, 6.07) is 10.9. The van der Waals surface area contributed by atoms with Crippen LogP contribution in [0.4, 0.5) is 0 Å². The SMILES string of the molecule is C[Si](C)(c1ccccc1)[C@H]1CCCCCC(=O)C1. The van der Waals surface area contributed by atoms with Gasteiger partial charge in [0.25, 0.3) is 0 Å². The summed E-state index contributed by atoms with van der Waals surface area (Å²) in [7, 11) is -1.50. The molecule has 1 aliphatic rings. The average molecular weight is 260 g/mol. The maximum Gasteiger partial charge on any atom is 0.132 e. The Labute approximate surface area is 112 Å². The van der Waals surface area contributed by atoms with Crippen molar-refractivity contribution in [3.8, 4) is 0 Å². The molecule has 1 fully saturated rings. The minimum absolute atomic E-state index is 0.496. The van der Waals surface area contributed by atoms with E-state index in [0.29, 0.717) is 11.3 Å². The van der Waals surface area contributed by atoms with Gasteiger partial charge in [-0.25, -0.2) is 0 Å². The number of hydrogen-bond acceptors (Lipinski definition) is 1. The molecule has 1 nitrogen and oxygen atoms in total. The molecule has 0 unspecified atom stereocenters. The van der Waals surface area contributed by atoms with E-state index < -0.39 is 8.07 Å². The minimum atomic E-state index is -1.50. The van der Waals surface area contributed by atoms with E-state index in [1.165, 1.54) is 24.4 Å². The van der Waals surface area contributed by atoms with Crippen molar-refractivity contribution in [3.63, 3.8) is 0 Å². The van der Waals surface area contributed by atoms with Crippen LogP contribution in [0.3, 0.4) is 0 Å². The molecule has 0 saturated heterocycles. The lowest BCUT2D eigenvalue weighted by Crippen LogP contribution is -2.46. The Morgan fingerprint density at radius 2 is 1.78 bits per heavy atom. The Morgan fingerprint density at radius 1 is 1.06 bits per heavy atom. The highest BCUT2D eigenvalue weighted by Crippen LogP contribution is 2.33. The van der Waals surface area contributed by atoms with Crippen LogP contribution >= 0.6 is 0 Å². The summed E-state index contributed by atoms with van der Waals surface area (Å²) in [4.78, 5) is 11.9. The molecule has 98 valence electrons. The van der Waals surface area contributed by atoms with Crippen molar-refractivity contribution in [2.45, 2.75) is 57.2 Å². The first-order valence-corrected chi connectivity index (χ1v) is 10.3. The number of rotatable bonds is 2.